The van der Waals surface area contributed by atoms with Crippen molar-refractivity contribution in [2.24, 2.45) is 0 Å². The Hall–Kier alpha value is -2.00. The lowest BCUT2D eigenvalue weighted by Gasteiger charge is -2.30. The van der Waals surface area contributed by atoms with Gasteiger partial charge < -0.3 is 9.64 Å². The number of methoxy groups -OCH3 is 1. The predicted molar refractivity (Wildman–Crippen MR) is 109 cm³/mol. The first-order valence-electron chi connectivity index (χ1n) is 9.83. The van der Waals surface area contributed by atoms with Gasteiger partial charge in [-0.25, -0.2) is 0 Å². The summed E-state index contributed by atoms with van der Waals surface area (Å²) in [6, 6.07) is 10.5. The van der Waals surface area contributed by atoms with Crippen LogP contribution in [0, 0.1) is 6.92 Å². The van der Waals surface area contributed by atoms with E-state index in [1.54, 1.807) is 7.11 Å². The fourth-order valence-corrected chi connectivity index (χ4v) is 4.71. The van der Waals surface area contributed by atoms with Gasteiger partial charge >= 0.3 is 0 Å². The summed E-state index contributed by atoms with van der Waals surface area (Å²) < 4.78 is 5.23. The standard InChI is InChI=1S/C23H26ClNO2/c1-15-17(12-16-8-10-19(27-2)11-9-16)13-20-21(22(15)24)14-25(23(20)26)18-6-4-3-5-7-18/h8-11,13,18H,3-7,12,14H2,1-2H3. The maximum atomic E-state index is 13.1. The highest BCUT2D eigenvalue weighted by molar-refractivity contribution is 6.33. The highest BCUT2D eigenvalue weighted by Crippen LogP contribution is 2.37. The zero-order chi connectivity index (χ0) is 19.0. The first-order chi connectivity index (χ1) is 13.1. The summed E-state index contributed by atoms with van der Waals surface area (Å²) in [5.41, 5.74) is 5.22. The molecule has 2 aliphatic rings. The summed E-state index contributed by atoms with van der Waals surface area (Å²) in [5.74, 6) is 1.01. The van der Waals surface area contributed by atoms with E-state index >= 15 is 0 Å². The van der Waals surface area contributed by atoms with Gasteiger partial charge in [-0.15, -0.1) is 0 Å². The van der Waals surface area contributed by atoms with Crippen LogP contribution in [0.2, 0.25) is 5.02 Å². The molecule has 0 bridgehead atoms. The van der Waals surface area contributed by atoms with Crippen LogP contribution < -0.4 is 4.74 Å². The Morgan fingerprint density at radius 1 is 1.15 bits per heavy atom. The van der Waals surface area contributed by atoms with E-state index < -0.39 is 0 Å². The average molecular weight is 384 g/mol. The monoisotopic (exact) mass is 383 g/mol. The highest BCUT2D eigenvalue weighted by Gasteiger charge is 2.35. The minimum Gasteiger partial charge on any atom is -0.497 e. The van der Waals surface area contributed by atoms with Crippen LogP contribution in [0.5, 0.6) is 5.75 Å². The average Bonchev–Trinajstić information content (AvgIpc) is 3.04. The minimum atomic E-state index is 0.162. The largest absolute Gasteiger partial charge is 0.497 e. The zero-order valence-electron chi connectivity index (χ0n) is 16.1. The molecule has 27 heavy (non-hydrogen) atoms. The number of hydrogen-bond donors (Lipinski definition) is 0. The van der Waals surface area contributed by atoms with Crippen LogP contribution in [0.1, 0.15) is 64.7 Å². The van der Waals surface area contributed by atoms with Crippen molar-refractivity contribution in [1.82, 2.24) is 4.90 Å². The fraction of sp³-hybridized carbons (Fsp3) is 0.435. The van der Waals surface area contributed by atoms with Crippen molar-refractivity contribution in [2.45, 2.75) is 58.0 Å². The van der Waals surface area contributed by atoms with Crippen molar-refractivity contribution in [3.8, 4) is 5.75 Å². The second kappa shape index (κ2) is 7.55. The van der Waals surface area contributed by atoms with E-state index in [4.69, 9.17) is 16.3 Å². The minimum absolute atomic E-state index is 0.162. The van der Waals surface area contributed by atoms with E-state index in [9.17, 15) is 4.79 Å². The van der Waals surface area contributed by atoms with Gasteiger partial charge in [0, 0.05) is 28.7 Å². The molecule has 3 nitrogen and oxygen atoms in total. The summed E-state index contributed by atoms with van der Waals surface area (Å²) >= 11 is 6.73. The normalized spacial score (nSPS) is 17.3. The van der Waals surface area contributed by atoms with Gasteiger partial charge in [-0.05, 0) is 61.1 Å². The number of benzene rings is 2. The van der Waals surface area contributed by atoms with Crippen LogP contribution in [0.15, 0.2) is 30.3 Å². The molecule has 1 amide bonds. The van der Waals surface area contributed by atoms with Crippen LogP contribution in [-0.4, -0.2) is 24.0 Å². The van der Waals surface area contributed by atoms with E-state index in [1.165, 1.54) is 24.8 Å². The van der Waals surface area contributed by atoms with Gasteiger partial charge in [0.2, 0.25) is 0 Å². The van der Waals surface area contributed by atoms with Crippen LogP contribution in [-0.2, 0) is 13.0 Å². The molecule has 1 heterocycles. The molecule has 1 fully saturated rings. The number of rotatable bonds is 4. The van der Waals surface area contributed by atoms with Crippen molar-refractivity contribution in [3.63, 3.8) is 0 Å². The van der Waals surface area contributed by atoms with Gasteiger partial charge in [0.05, 0.1) is 7.11 Å². The maximum absolute atomic E-state index is 13.1. The SMILES string of the molecule is COc1ccc(Cc2cc3c(c(Cl)c2C)CN(C2CCCCC2)C3=O)cc1. The molecule has 0 atom stereocenters. The molecular weight excluding hydrogens is 358 g/mol. The van der Waals surface area contributed by atoms with Gasteiger partial charge in [0.1, 0.15) is 5.75 Å². The van der Waals surface area contributed by atoms with Gasteiger partial charge in [-0.1, -0.05) is 43.0 Å². The molecule has 0 N–H and O–H groups in total. The van der Waals surface area contributed by atoms with E-state index in [0.717, 1.165) is 52.3 Å². The number of ether oxygens (including phenoxy) is 1. The first-order valence-corrected chi connectivity index (χ1v) is 10.2. The predicted octanol–water partition coefficient (Wildman–Crippen LogP) is 5.54. The number of hydrogen-bond acceptors (Lipinski definition) is 2. The first kappa shape index (κ1) is 18.4. The molecule has 2 aromatic rings. The Bertz CT molecular complexity index is 854. The molecule has 1 saturated carbocycles. The Labute approximate surface area is 166 Å². The van der Waals surface area contributed by atoms with E-state index in [1.807, 2.05) is 12.1 Å². The van der Waals surface area contributed by atoms with Crippen LogP contribution >= 0.6 is 11.6 Å². The third kappa shape index (κ3) is 3.45. The number of amides is 1. The van der Waals surface area contributed by atoms with Crippen molar-refractivity contribution >= 4 is 17.5 Å². The number of carbonyl (C=O) groups excluding carboxylic acids is 1. The number of fused-ring (bicyclic) bond motifs is 1. The maximum Gasteiger partial charge on any atom is 0.254 e. The fourth-order valence-electron chi connectivity index (χ4n) is 4.43. The lowest BCUT2D eigenvalue weighted by atomic mass is 9.94. The summed E-state index contributed by atoms with van der Waals surface area (Å²) in [5, 5.41) is 0.766. The molecule has 0 radical (unpaired) electrons. The quantitative estimate of drug-likeness (QED) is 0.694. The summed E-state index contributed by atoms with van der Waals surface area (Å²) in [4.78, 5) is 15.2. The molecule has 4 heteroatoms. The molecule has 142 valence electrons. The third-order valence-electron chi connectivity index (χ3n) is 6.11. The number of nitrogens with zero attached hydrogens (tertiary/aromatic N) is 1. The molecule has 1 aliphatic heterocycles. The van der Waals surface area contributed by atoms with Crippen LogP contribution in [0.4, 0.5) is 0 Å². The lowest BCUT2D eigenvalue weighted by Crippen LogP contribution is -2.36. The second-order valence-corrected chi connectivity index (χ2v) is 8.13. The van der Waals surface area contributed by atoms with Crippen LogP contribution in [0.3, 0.4) is 0 Å². The number of carbonyl (C=O) groups is 1. The van der Waals surface area contributed by atoms with Crippen molar-refractivity contribution in [2.75, 3.05) is 7.11 Å². The van der Waals surface area contributed by atoms with Crippen LogP contribution in [0.25, 0.3) is 0 Å². The molecule has 4 rings (SSSR count). The third-order valence-corrected chi connectivity index (χ3v) is 6.62. The Kier molecular flexibility index (Phi) is 5.14. The van der Waals surface area contributed by atoms with Gasteiger partial charge in [-0.3, -0.25) is 4.79 Å². The summed E-state index contributed by atoms with van der Waals surface area (Å²) in [7, 11) is 1.67. The van der Waals surface area contributed by atoms with Crippen molar-refractivity contribution in [3.05, 3.63) is 63.2 Å². The summed E-state index contributed by atoms with van der Waals surface area (Å²) in [6.45, 7) is 2.73. The number of halogens is 1. The molecule has 0 saturated heterocycles. The molecule has 0 aromatic heterocycles. The second-order valence-electron chi connectivity index (χ2n) is 7.75. The van der Waals surface area contributed by atoms with Gasteiger partial charge in [0.25, 0.3) is 5.91 Å². The molecular formula is C23H26ClNO2. The zero-order valence-corrected chi connectivity index (χ0v) is 16.8. The molecule has 2 aromatic carbocycles. The highest BCUT2D eigenvalue weighted by atomic mass is 35.5. The van der Waals surface area contributed by atoms with Crippen molar-refractivity contribution < 1.29 is 9.53 Å². The van der Waals surface area contributed by atoms with Gasteiger partial charge in [-0.2, -0.15) is 0 Å². The molecule has 1 aliphatic carbocycles. The van der Waals surface area contributed by atoms with Gasteiger partial charge in [0.15, 0.2) is 0 Å². The van der Waals surface area contributed by atoms with E-state index in [0.29, 0.717) is 12.6 Å². The molecule has 0 spiro atoms. The molecule has 0 unspecified atom stereocenters. The smallest absolute Gasteiger partial charge is 0.254 e. The Balaban J connectivity index is 1.62. The van der Waals surface area contributed by atoms with E-state index in [2.05, 4.69) is 30.0 Å². The Morgan fingerprint density at radius 3 is 2.52 bits per heavy atom. The summed E-state index contributed by atoms with van der Waals surface area (Å²) in [6.07, 6.45) is 6.74. The van der Waals surface area contributed by atoms with Crippen molar-refractivity contribution in [1.29, 1.82) is 0 Å². The van der Waals surface area contributed by atoms with E-state index in [-0.39, 0.29) is 5.91 Å². The lowest BCUT2D eigenvalue weighted by molar-refractivity contribution is 0.0660. The topological polar surface area (TPSA) is 29.5 Å². The Morgan fingerprint density at radius 2 is 1.85 bits per heavy atom.